The number of rotatable bonds is 2. The van der Waals surface area contributed by atoms with Crippen molar-refractivity contribution in [2.24, 2.45) is 11.7 Å². The van der Waals surface area contributed by atoms with Gasteiger partial charge in [0.1, 0.15) is 0 Å². The van der Waals surface area contributed by atoms with Crippen molar-refractivity contribution < 1.29 is 0 Å². The predicted molar refractivity (Wildman–Crippen MR) is 43.2 cm³/mol. The van der Waals surface area contributed by atoms with Gasteiger partial charge in [0.2, 0.25) is 0 Å². The largest absolute Gasteiger partial charge is 0.322 e. The Kier molecular flexibility index (Phi) is 2.14. The van der Waals surface area contributed by atoms with Crippen molar-refractivity contribution in [2.45, 2.75) is 19.9 Å². The third-order valence-electron chi connectivity index (χ3n) is 1.69. The van der Waals surface area contributed by atoms with Crippen LogP contribution < -0.4 is 11.3 Å². The minimum Gasteiger partial charge on any atom is -0.322 e. The lowest BCUT2D eigenvalue weighted by atomic mass is 10.0. The van der Waals surface area contributed by atoms with Crippen molar-refractivity contribution in [3.8, 4) is 0 Å². The summed E-state index contributed by atoms with van der Waals surface area (Å²) in [6, 6.07) is 1.40. The highest BCUT2D eigenvalue weighted by atomic mass is 16.1. The van der Waals surface area contributed by atoms with E-state index in [4.69, 9.17) is 5.73 Å². The van der Waals surface area contributed by atoms with Crippen LogP contribution in [-0.2, 0) is 0 Å². The third kappa shape index (κ3) is 1.71. The highest BCUT2D eigenvalue weighted by molar-refractivity contribution is 5.04. The van der Waals surface area contributed by atoms with E-state index in [1.165, 1.54) is 6.07 Å². The van der Waals surface area contributed by atoms with E-state index in [9.17, 15) is 4.79 Å². The Morgan fingerprint density at radius 1 is 1.45 bits per heavy atom. The first-order chi connectivity index (χ1) is 5.11. The summed E-state index contributed by atoms with van der Waals surface area (Å²) in [5.41, 5.74) is 6.40. The van der Waals surface area contributed by atoms with Crippen LogP contribution in [0.15, 0.2) is 10.9 Å². The molecule has 4 heteroatoms. The molecule has 0 spiro atoms. The number of H-pyrrole nitrogens is 2. The molecular formula is C7H13N3O. The van der Waals surface area contributed by atoms with Gasteiger partial charge in [-0.3, -0.25) is 9.89 Å². The van der Waals surface area contributed by atoms with E-state index in [0.717, 1.165) is 5.69 Å². The number of aromatic amines is 2. The van der Waals surface area contributed by atoms with Gasteiger partial charge in [-0.25, -0.2) is 0 Å². The lowest BCUT2D eigenvalue weighted by Crippen LogP contribution is -2.17. The van der Waals surface area contributed by atoms with Crippen molar-refractivity contribution in [3.63, 3.8) is 0 Å². The van der Waals surface area contributed by atoms with Gasteiger partial charge in [0.15, 0.2) is 0 Å². The number of hydrogen-bond donors (Lipinski definition) is 3. The Balaban J connectivity index is 2.84. The molecular weight excluding hydrogens is 142 g/mol. The molecule has 0 bridgehead atoms. The first kappa shape index (κ1) is 8.07. The Hall–Kier alpha value is -1.03. The molecule has 62 valence electrons. The predicted octanol–water partition coefficient (Wildman–Crippen LogP) is 0.359. The SMILES string of the molecule is CC(C)C(N)c1cc(=O)[nH][nH]1. The van der Waals surface area contributed by atoms with Crippen LogP contribution in [0, 0.1) is 5.92 Å². The zero-order chi connectivity index (χ0) is 8.43. The number of nitrogens with two attached hydrogens (primary N) is 1. The summed E-state index contributed by atoms with van der Waals surface area (Å²) < 4.78 is 0. The van der Waals surface area contributed by atoms with E-state index in [1.807, 2.05) is 13.8 Å². The van der Waals surface area contributed by atoms with Crippen LogP contribution in [0.4, 0.5) is 0 Å². The first-order valence-electron chi connectivity index (χ1n) is 3.64. The van der Waals surface area contributed by atoms with E-state index in [1.54, 1.807) is 0 Å². The normalized spacial score (nSPS) is 13.8. The Morgan fingerprint density at radius 2 is 2.09 bits per heavy atom. The standard InChI is InChI=1S/C7H13N3O/c1-4(2)7(8)5-3-6(11)10-9-5/h3-4,7H,8H2,1-2H3,(H2,9,10,11). The molecule has 0 saturated heterocycles. The fraction of sp³-hybridized carbons (Fsp3) is 0.571. The van der Waals surface area contributed by atoms with Crippen molar-refractivity contribution in [2.75, 3.05) is 0 Å². The van der Waals surface area contributed by atoms with E-state index in [0.29, 0.717) is 5.92 Å². The van der Waals surface area contributed by atoms with Gasteiger partial charge in [0.05, 0.1) is 5.69 Å². The van der Waals surface area contributed by atoms with E-state index in [-0.39, 0.29) is 11.6 Å². The van der Waals surface area contributed by atoms with E-state index >= 15 is 0 Å². The fourth-order valence-electron chi connectivity index (χ4n) is 0.886. The number of aromatic nitrogens is 2. The maximum Gasteiger partial charge on any atom is 0.264 e. The molecule has 11 heavy (non-hydrogen) atoms. The number of nitrogens with one attached hydrogen (secondary N) is 2. The van der Waals surface area contributed by atoms with Gasteiger partial charge >= 0.3 is 0 Å². The van der Waals surface area contributed by atoms with Crippen molar-refractivity contribution in [1.82, 2.24) is 10.2 Å². The zero-order valence-electron chi connectivity index (χ0n) is 6.72. The molecule has 1 heterocycles. The summed E-state index contributed by atoms with van der Waals surface area (Å²) in [6.07, 6.45) is 0. The van der Waals surface area contributed by atoms with Gasteiger partial charge in [-0.05, 0) is 5.92 Å². The van der Waals surface area contributed by atoms with E-state index < -0.39 is 0 Å². The maximum absolute atomic E-state index is 10.7. The molecule has 0 saturated carbocycles. The fourth-order valence-corrected chi connectivity index (χ4v) is 0.886. The molecule has 0 fully saturated rings. The maximum atomic E-state index is 10.7. The highest BCUT2D eigenvalue weighted by Gasteiger charge is 2.11. The molecule has 0 radical (unpaired) electrons. The first-order valence-corrected chi connectivity index (χ1v) is 3.64. The minimum absolute atomic E-state index is 0.0889. The molecule has 0 aliphatic rings. The molecule has 1 rings (SSSR count). The van der Waals surface area contributed by atoms with Crippen LogP contribution in [0.5, 0.6) is 0 Å². The number of hydrogen-bond acceptors (Lipinski definition) is 2. The van der Waals surface area contributed by atoms with Gasteiger partial charge in [0.25, 0.3) is 5.56 Å². The second-order valence-corrected chi connectivity index (χ2v) is 2.98. The van der Waals surface area contributed by atoms with Crippen molar-refractivity contribution >= 4 is 0 Å². The smallest absolute Gasteiger partial charge is 0.264 e. The third-order valence-corrected chi connectivity index (χ3v) is 1.69. The molecule has 1 aromatic heterocycles. The molecule has 4 N–H and O–H groups in total. The lowest BCUT2D eigenvalue weighted by molar-refractivity contribution is 0.502. The van der Waals surface area contributed by atoms with E-state index in [2.05, 4.69) is 10.2 Å². The second kappa shape index (κ2) is 2.92. The van der Waals surface area contributed by atoms with Crippen molar-refractivity contribution in [1.29, 1.82) is 0 Å². The molecule has 4 nitrogen and oxygen atoms in total. The topological polar surface area (TPSA) is 74.7 Å². The summed E-state index contributed by atoms with van der Waals surface area (Å²) in [7, 11) is 0. The highest BCUT2D eigenvalue weighted by Crippen LogP contribution is 2.13. The Bertz CT molecular complexity index is 273. The average molecular weight is 155 g/mol. The van der Waals surface area contributed by atoms with Crippen LogP contribution in [0.1, 0.15) is 25.6 Å². The van der Waals surface area contributed by atoms with Crippen LogP contribution in [0.2, 0.25) is 0 Å². The van der Waals surface area contributed by atoms with Gasteiger partial charge in [-0.1, -0.05) is 13.8 Å². The summed E-state index contributed by atoms with van der Waals surface area (Å²) in [6.45, 7) is 4.02. The van der Waals surface area contributed by atoms with Crippen LogP contribution in [-0.4, -0.2) is 10.2 Å². The monoisotopic (exact) mass is 155 g/mol. The van der Waals surface area contributed by atoms with Crippen LogP contribution in [0.25, 0.3) is 0 Å². The lowest BCUT2D eigenvalue weighted by Gasteiger charge is -2.12. The minimum atomic E-state index is -0.129. The van der Waals surface area contributed by atoms with Gasteiger partial charge in [-0.15, -0.1) is 0 Å². The molecule has 1 aromatic rings. The summed E-state index contributed by atoms with van der Waals surface area (Å²) >= 11 is 0. The molecule has 1 unspecified atom stereocenters. The van der Waals surface area contributed by atoms with Gasteiger partial charge in [0, 0.05) is 12.1 Å². The molecule has 1 atom stereocenters. The summed E-state index contributed by atoms with van der Waals surface area (Å²) in [4.78, 5) is 10.7. The van der Waals surface area contributed by atoms with Crippen LogP contribution in [0.3, 0.4) is 0 Å². The molecule has 0 aromatic carbocycles. The van der Waals surface area contributed by atoms with Crippen molar-refractivity contribution in [3.05, 3.63) is 22.1 Å². The molecule has 0 aliphatic heterocycles. The molecule has 0 amide bonds. The van der Waals surface area contributed by atoms with Gasteiger partial charge in [-0.2, -0.15) is 0 Å². The quantitative estimate of drug-likeness (QED) is 0.576. The summed E-state index contributed by atoms with van der Waals surface area (Å²) in [5, 5.41) is 5.17. The van der Waals surface area contributed by atoms with Crippen LogP contribution >= 0.6 is 0 Å². The Morgan fingerprint density at radius 3 is 2.45 bits per heavy atom. The van der Waals surface area contributed by atoms with Gasteiger partial charge < -0.3 is 10.8 Å². The Labute approximate surface area is 64.8 Å². The summed E-state index contributed by atoms with van der Waals surface area (Å²) in [5.74, 6) is 0.335. The average Bonchev–Trinajstić information content (AvgIpc) is 2.34. The zero-order valence-corrected chi connectivity index (χ0v) is 6.72. The second-order valence-electron chi connectivity index (χ2n) is 2.98. The molecule has 0 aliphatic carbocycles.